The van der Waals surface area contributed by atoms with E-state index < -0.39 is 12.5 Å². The van der Waals surface area contributed by atoms with Gasteiger partial charge in [-0.2, -0.15) is 0 Å². The molecule has 0 bridgehead atoms. The molecule has 1 heterocycles. The predicted octanol–water partition coefficient (Wildman–Crippen LogP) is 1.93. The Balaban J connectivity index is 0.00000128. The first-order chi connectivity index (χ1) is 7.16. The third-order valence-electron chi connectivity index (χ3n) is 2.84. The fourth-order valence-corrected chi connectivity index (χ4v) is 1.68. The molecule has 1 fully saturated rings. The molecule has 0 amide bonds. The minimum atomic E-state index is -2.34. The summed E-state index contributed by atoms with van der Waals surface area (Å²) in [5, 5.41) is 2.79. The zero-order chi connectivity index (χ0) is 10.8. The molecule has 0 radical (unpaired) electrons. The van der Waals surface area contributed by atoms with Gasteiger partial charge in [0.05, 0.1) is 12.6 Å². The van der Waals surface area contributed by atoms with E-state index in [0.29, 0.717) is 5.96 Å². The molecule has 2 aliphatic rings. The van der Waals surface area contributed by atoms with Gasteiger partial charge in [-0.25, -0.2) is 8.78 Å². The summed E-state index contributed by atoms with van der Waals surface area (Å²) in [6, 6.07) is -0.816. The third kappa shape index (κ3) is 3.71. The lowest BCUT2D eigenvalue weighted by Crippen LogP contribution is -2.45. The van der Waals surface area contributed by atoms with Crippen LogP contribution >= 0.6 is 24.0 Å². The standard InChI is InChI=1S/C10H17F2N3.HI/c1-7(9(11)12)14-10-13-4-5-15(10)6-8-2-3-8;/h7-9H,2-6H2,1H3,(H,13,14);1H. The number of nitrogens with zero attached hydrogens (tertiary/aromatic N) is 2. The molecule has 6 heteroatoms. The first-order valence-corrected chi connectivity index (χ1v) is 5.51. The van der Waals surface area contributed by atoms with Crippen molar-refractivity contribution >= 4 is 29.9 Å². The van der Waals surface area contributed by atoms with Gasteiger partial charge in [0, 0.05) is 13.1 Å². The van der Waals surface area contributed by atoms with Crippen molar-refractivity contribution in [3.8, 4) is 0 Å². The summed E-state index contributed by atoms with van der Waals surface area (Å²) in [7, 11) is 0. The van der Waals surface area contributed by atoms with Crippen LogP contribution in [0.1, 0.15) is 19.8 Å². The molecule has 0 aromatic heterocycles. The van der Waals surface area contributed by atoms with E-state index in [2.05, 4.69) is 15.2 Å². The van der Waals surface area contributed by atoms with Crippen molar-refractivity contribution < 1.29 is 8.78 Å². The lowest BCUT2D eigenvalue weighted by atomic mass is 10.3. The van der Waals surface area contributed by atoms with E-state index in [4.69, 9.17) is 0 Å². The van der Waals surface area contributed by atoms with E-state index in [1.807, 2.05) is 0 Å². The molecule has 94 valence electrons. The van der Waals surface area contributed by atoms with Crippen molar-refractivity contribution in [1.82, 2.24) is 10.2 Å². The second-order valence-corrected chi connectivity index (χ2v) is 4.36. The maximum atomic E-state index is 12.3. The number of hydrogen-bond acceptors (Lipinski definition) is 3. The van der Waals surface area contributed by atoms with Crippen LogP contribution in [0.4, 0.5) is 8.78 Å². The molecule has 1 aliphatic carbocycles. The Hall–Kier alpha value is -0.140. The van der Waals surface area contributed by atoms with E-state index in [9.17, 15) is 8.78 Å². The Labute approximate surface area is 112 Å². The van der Waals surface area contributed by atoms with E-state index >= 15 is 0 Å². The number of aliphatic imine (C=N–C) groups is 1. The molecule has 0 spiro atoms. The molecule has 1 N–H and O–H groups in total. The molecule has 0 aromatic rings. The van der Waals surface area contributed by atoms with Gasteiger partial charge in [-0.3, -0.25) is 4.99 Å². The fourth-order valence-electron chi connectivity index (χ4n) is 1.68. The van der Waals surface area contributed by atoms with Crippen LogP contribution in [-0.4, -0.2) is 43.0 Å². The van der Waals surface area contributed by atoms with Crippen LogP contribution in [-0.2, 0) is 0 Å². The number of hydrogen-bond donors (Lipinski definition) is 1. The maximum absolute atomic E-state index is 12.3. The molecule has 16 heavy (non-hydrogen) atoms. The Kier molecular flexibility index (Phi) is 5.20. The topological polar surface area (TPSA) is 27.6 Å². The van der Waals surface area contributed by atoms with Crippen LogP contribution in [0.3, 0.4) is 0 Å². The zero-order valence-electron chi connectivity index (χ0n) is 9.33. The van der Waals surface area contributed by atoms with Crippen molar-refractivity contribution in [2.45, 2.75) is 32.2 Å². The van der Waals surface area contributed by atoms with Gasteiger partial charge in [0.15, 0.2) is 5.96 Å². The summed E-state index contributed by atoms with van der Waals surface area (Å²) >= 11 is 0. The summed E-state index contributed by atoms with van der Waals surface area (Å²) in [5.74, 6) is 1.42. The summed E-state index contributed by atoms with van der Waals surface area (Å²) in [6.07, 6.45) is 0.207. The lowest BCUT2D eigenvalue weighted by Gasteiger charge is -2.23. The molecule has 0 saturated heterocycles. The van der Waals surface area contributed by atoms with Gasteiger partial charge in [-0.1, -0.05) is 0 Å². The van der Waals surface area contributed by atoms with Crippen molar-refractivity contribution in [3.63, 3.8) is 0 Å². The van der Waals surface area contributed by atoms with Crippen molar-refractivity contribution in [2.24, 2.45) is 10.9 Å². The van der Waals surface area contributed by atoms with Gasteiger partial charge < -0.3 is 10.2 Å². The summed E-state index contributed by atoms with van der Waals surface area (Å²) in [5.41, 5.74) is 0. The minimum Gasteiger partial charge on any atom is -0.348 e. The quantitative estimate of drug-likeness (QED) is 0.789. The molecule has 2 rings (SSSR count). The monoisotopic (exact) mass is 345 g/mol. The first-order valence-electron chi connectivity index (χ1n) is 5.51. The van der Waals surface area contributed by atoms with Gasteiger partial charge >= 0.3 is 0 Å². The van der Waals surface area contributed by atoms with E-state index in [1.54, 1.807) is 0 Å². The molecule has 1 unspecified atom stereocenters. The van der Waals surface area contributed by atoms with Gasteiger partial charge in [0.25, 0.3) is 6.43 Å². The highest BCUT2D eigenvalue weighted by Crippen LogP contribution is 2.30. The Morgan fingerprint density at radius 2 is 2.19 bits per heavy atom. The Morgan fingerprint density at radius 1 is 1.50 bits per heavy atom. The highest BCUT2D eigenvalue weighted by Gasteiger charge is 2.28. The summed E-state index contributed by atoms with van der Waals surface area (Å²) < 4.78 is 24.7. The maximum Gasteiger partial charge on any atom is 0.258 e. The van der Waals surface area contributed by atoms with Gasteiger partial charge in [-0.15, -0.1) is 24.0 Å². The van der Waals surface area contributed by atoms with Crippen molar-refractivity contribution in [1.29, 1.82) is 0 Å². The SMILES string of the molecule is CC(NC1=NCCN1CC1CC1)C(F)F.I. The number of halogens is 3. The molecule has 0 aromatic carbocycles. The molecule has 1 atom stereocenters. The van der Waals surface area contributed by atoms with E-state index in [1.165, 1.54) is 19.8 Å². The fraction of sp³-hybridized carbons (Fsp3) is 0.900. The normalized spacial score (nSPS) is 21.8. The van der Waals surface area contributed by atoms with Crippen molar-refractivity contribution in [3.05, 3.63) is 0 Å². The molecule has 1 saturated carbocycles. The van der Waals surface area contributed by atoms with Crippen LogP contribution in [0.5, 0.6) is 0 Å². The van der Waals surface area contributed by atoms with Crippen LogP contribution in [0.15, 0.2) is 4.99 Å². The Morgan fingerprint density at radius 3 is 2.75 bits per heavy atom. The average Bonchev–Trinajstić information content (AvgIpc) is 2.88. The molecule has 3 nitrogen and oxygen atoms in total. The number of alkyl halides is 2. The second kappa shape index (κ2) is 5.97. The number of guanidine groups is 1. The second-order valence-electron chi connectivity index (χ2n) is 4.36. The summed E-state index contributed by atoms with van der Waals surface area (Å²) in [6.45, 7) is 4.06. The smallest absolute Gasteiger partial charge is 0.258 e. The average molecular weight is 345 g/mol. The number of rotatable bonds is 4. The predicted molar refractivity (Wildman–Crippen MR) is 70.6 cm³/mol. The summed E-state index contributed by atoms with van der Waals surface area (Å²) in [4.78, 5) is 6.31. The highest BCUT2D eigenvalue weighted by molar-refractivity contribution is 14.0. The van der Waals surface area contributed by atoms with Gasteiger partial charge in [0.2, 0.25) is 0 Å². The molecular formula is C10H18F2IN3. The van der Waals surface area contributed by atoms with Crippen molar-refractivity contribution in [2.75, 3.05) is 19.6 Å². The third-order valence-corrected chi connectivity index (χ3v) is 2.84. The largest absolute Gasteiger partial charge is 0.348 e. The highest BCUT2D eigenvalue weighted by atomic mass is 127. The van der Waals surface area contributed by atoms with Crippen LogP contribution < -0.4 is 5.32 Å². The Bertz CT molecular complexity index is 256. The minimum absolute atomic E-state index is 0. The van der Waals surface area contributed by atoms with E-state index in [-0.39, 0.29) is 24.0 Å². The molecular weight excluding hydrogens is 327 g/mol. The first kappa shape index (κ1) is 13.9. The lowest BCUT2D eigenvalue weighted by molar-refractivity contribution is 0.113. The van der Waals surface area contributed by atoms with E-state index in [0.717, 1.165) is 25.6 Å². The number of nitrogens with one attached hydrogen (secondary N) is 1. The van der Waals surface area contributed by atoms with Gasteiger partial charge in [-0.05, 0) is 25.7 Å². The van der Waals surface area contributed by atoms with Crippen LogP contribution in [0, 0.1) is 5.92 Å². The van der Waals surface area contributed by atoms with Crippen LogP contribution in [0.25, 0.3) is 0 Å². The van der Waals surface area contributed by atoms with Gasteiger partial charge in [0.1, 0.15) is 0 Å². The molecule has 1 aliphatic heterocycles. The van der Waals surface area contributed by atoms with Crippen LogP contribution in [0.2, 0.25) is 0 Å². The zero-order valence-corrected chi connectivity index (χ0v) is 11.7.